The summed E-state index contributed by atoms with van der Waals surface area (Å²) in [6, 6.07) is 0. The van der Waals surface area contributed by atoms with Gasteiger partial charge in [-0.25, -0.2) is 4.90 Å². The molecular formula is C10H24N2O2. The highest BCUT2D eigenvalue weighted by Gasteiger charge is 2.38. The van der Waals surface area contributed by atoms with Crippen LogP contribution in [-0.4, -0.2) is 54.2 Å². The zero-order valence-electron chi connectivity index (χ0n) is 10.5. The molecule has 0 amide bonds. The van der Waals surface area contributed by atoms with E-state index in [9.17, 15) is 5.11 Å². The Morgan fingerprint density at radius 3 is 1.86 bits per heavy atom. The minimum atomic E-state index is -1.02. The summed E-state index contributed by atoms with van der Waals surface area (Å²) in [6.07, 6.45) is 0. The summed E-state index contributed by atoms with van der Waals surface area (Å²) in [5, 5.41) is 10.2. The molecule has 4 heteroatoms. The summed E-state index contributed by atoms with van der Waals surface area (Å²) < 4.78 is 5.57. The molecule has 4 nitrogen and oxygen atoms in total. The van der Waals surface area contributed by atoms with Crippen LogP contribution in [-0.2, 0) is 4.74 Å². The first-order valence-corrected chi connectivity index (χ1v) is 4.94. The third-order valence-electron chi connectivity index (χ3n) is 2.79. The van der Waals surface area contributed by atoms with Crippen molar-refractivity contribution in [3.05, 3.63) is 0 Å². The van der Waals surface area contributed by atoms with E-state index in [2.05, 4.69) is 0 Å². The molecular weight excluding hydrogens is 180 g/mol. The van der Waals surface area contributed by atoms with E-state index in [0.29, 0.717) is 6.61 Å². The SMILES string of the molecule is CCOC(C)(C)N(C)C(C)(O)N(C)C. The Morgan fingerprint density at radius 2 is 1.57 bits per heavy atom. The summed E-state index contributed by atoms with van der Waals surface area (Å²) in [7, 11) is 5.51. The number of hydrogen-bond donors (Lipinski definition) is 1. The van der Waals surface area contributed by atoms with Gasteiger partial charge in [0.2, 0.25) is 0 Å². The fourth-order valence-corrected chi connectivity index (χ4v) is 1.26. The average Bonchev–Trinajstić information content (AvgIpc) is 2.02. The Hall–Kier alpha value is -0.160. The maximum atomic E-state index is 10.2. The van der Waals surface area contributed by atoms with Gasteiger partial charge >= 0.3 is 0 Å². The Morgan fingerprint density at radius 1 is 1.14 bits per heavy atom. The summed E-state index contributed by atoms with van der Waals surface area (Å²) in [6.45, 7) is 8.19. The molecule has 0 aliphatic carbocycles. The second-order valence-electron chi connectivity index (χ2n) is 4.30. The van der Waals surface area contributed by atoms with Gasteiger partial charge in [-0.2, -0.15) is 0 Å². The zero-order valence-corrected chi connectivity index (χ0v) is 10.5. The molecule has 0 saturated heterocycles. The van der Waals surface area contributed by atoms with Gasteiger partial charge in [-0.15, -0.1) is 0 Å². The highest BCUT2D eigenvalue weighted by molar-refractivity contribution is 4.77. The molecule has 0 aliphatic rings. The molecule has 0 aliphatic heterocycles. The van der Waals surface area contributed by atoms with Crippen LogP contribution in [0.15, 0.2) is 0 Å². The van der Waals surface area contributed by atoms with Crippen LogP contribution in [0.2, 0.25) is 0 Å². The average molecular weight is 204 g/mol. The molecule has 0 rings (SSSR count). The molecule has 0 bridgehead atoms. The van der Waals surface area contributed by atoms with Crippen LogP contribution >= 0.6 is 0 Å². The molecule has 1 atom stereocenters. The van der Waals surface area contributed by atoms with Gasteiger partial charge < -0.3 is 9.84 Å². The smallest absolute Gasteiger partial charge is 0.175 e. The van der Waals surface area contributed by atoms with Gasteiger partial charge in [-0.05, 0) is 48.8 Å². The largest absolute Gasteiger partial charge is 0.363 e. The first-order valence-electron chi connectivity index (χ1n) is 4.94. The van der Waals surface area contributed by atoms with E-state index in [0.717, 1.165) is 0 Å². The third-order valence-corrected chi connectivity index (χ3v) is 2.79. The number of nitrogens with zero attached hydrogens (tertiary/aromatic N) is 2. The second kappa shape index (κ2) is 4.57. The Bertz CT molecular complexity index is 179. The van der Waals surface area contributed by atoms with E-state index in [-0.39, 0.29) is 0 Å². The quantitative estimate of drug-likeness (QED) is 0.676. The molecule has 0 saturated carbocycles. The topological polar surface area (TPSA) is 35.9 Å². The fourth-order valence-electron chi connectivity index (χ4n) is 1.26. The molecule has 0 fully saturated rings. The van der Waals surface area contributed by atoms with Crippen LogP contribution < -0.4 is 0 Å². The normalized spacial score (nSPS) is 17.6. The van der Waals surface area contributed by atoms with Gasteiger partial charge in [0.05, 0.1) is 0 Å². The van der Waals surface area contributed by atoms with Crippen LogP contribution in [0, 0.1) is 0 Å². The van der Waals surface area contributed by atoms with Gasteiger partial charge in [0.25, 0.3) is 0 Å². The lowest BCUT2D eigenvalue weighted by molar-refractivity contribution is -0.265. The highest BCUT2D eigenvalue weighted by atomic mass is 16.5. The lowest BCUT2D eigenvalue weighted by Gasteiger charge is -2.47. The summed E-state index contributed by atoms with van der Waals surface area (Å²) >= 11 is 0. The predicted molar refractivity (Wildman–Crippen MR) is 57.8 cm³/mol. The van der Waals surface area contributed by atoms with Crippen molar-refractivity contribution in [1.29, 1.82) is 0 Å². The Balaban J connectivity index is 4.66. The number of aliphatic hydroxyl groups is 1. The molecule has 0 aromatic carbocycles. The summed E-state index contributed by atoms with van der Waals surface area (Å²) in [4.78, 5) is 3.54. The van der Waals surface area contributed by atoms with Gasteiger partial charge in [-0.1, -0.05) is 0 Å². The monoisotopic (exact) mass is 204 g/mol. The van der Waals surface area contributed by atoms with Gasteiger partial charge in [0.15, 0.2) is 5.85 Å². The summed E-state index contributed by atoms with van der Waals surface area (Å²) in [5.74, 6) is -1.02. The van der Waals surface area contributed by atoms with Crippen molar-refractivity contribution in [2.24, 2.45) is 0 Å². The standard InChI is InChI=1S/C10H24N2O2/c1-8-14-9(2,3)12(7)10(4,13)11(5)6/h13H,8H2,1-7H3. The van der Waals surface area contributed by atoms with Crippen molar-refractivity contribution >= 4 is 0 Å². The molecule has 1 N–H and O–H groups in total. The molecule has 86 valence electrons. The maximum Gasteiger partial charge on any atom is 0.175 e. The number of rotatable bonds is 5. The van der Waals surface area contributed by atoms with E-state index < -0.39 is 11.6 Å². The first kappa shape index (κ1) is 13.8. The van der Waals surface area contributed by atoms with E-state index >= 15 is 0 Å². The van der Waals surface area contributed by atoms with Crippen LogP contribution in [0.4, 0.5) is 0 Å². The van der Waals surface area contributed by atoms with Crippen LogP contribution in [0.3, 0.4) is 0 Å². The van der Waals surface area contributed by atoms with Crippen molar-refractivity contribution in [3.8, 4) is 0 Å². The molecule has 0 aromatic heterocycles. The highest BCUT2D eigenvalue weighted by Crippen LogP contribution is 2.23. The number of ether oxygens (including phenoxy) is 1. The molecule has 14 heavy (non-hydrogen) atoms. The van der Waals surface area contributed by atoms with Crippen LogP contribution in [0.1, 0.15) is 27.7 Å². The number of hydrogen-bond acceptors (Lipinski definition) is 4. The van der Waals surface area contributed by atoms with Crippen molar-refractivity contribution in [3.63, 3.8) is 0 Å². The van der Waals surface area contributed by atoms with Crippen molar-refractivity contribution in [1.82, 2.24) is 9.80 Å². The van der Waals surface area contributed by atoms with Crippen molar-refractivity contribution in [2.75, 3.05) is 27.7 Å². The van der Waals surface area contributed by atoms with Gasteiger partial charge in [-0.3, -0.25) is 4.90 Å². The van der Waals surface area contributed by atoms with E-state index in [1.165, 1.54) is 0 Å². The zero-order chi connectivity index (χ0) is 11.6. The van der Waals surface area contributed by atoms with Crippen LogP contribution in [0.25, 0.3) is 0 Å². The molecule has 1 unspecified atom stereocenters. The molecule has 0 spiro atoms. The minimum Gasteiger partial charge on any atom is -0.363 e. The Kier molecular flexibility index (Phi) is 4.52. The van der Waals surface area contributed by atoms with Crippen molar-refractivity contribution < 1.29 is 9.84 Å². The van der Waals surface area contributed by atoms with Gasteiger partial charge in [0, 0.05) is 6.61 Å². The second-order valence-corrected chi connectivity index (χ2v) is 4.30. The van der Waals surface area contributed by atoms with E-state index in [1.54, 1.807) is 16.7 Å². The maximum absolute atomic E-state index is 10.2. The molecule has 0 aromatic rings. The fraction of sp³-hybridized carbons (Fsp3) is 1.00. The summed E-state index contributed by atoms with van der Waals surface area (Å²) in [5.41, 5.74) is -0.484. The van der Waals surface area contributed by atoms with Gasteiger partial charge in [0.1, 0.15) is 5.72 Å². The molecule has 0 radical (unpaired) electrons. The van der Waals surface area contributed by atoms with Crippen LogP contribution in [0.5, 0.6) is 0 Å². The predicted octanol–water partition coefficient (Wildman–Crippen LogP) is 0.918. The van der Waals surface area contributed by atoms with E-state index in [4.69, 9.17) is 4.74 Å². The molecule has 0 heterocycles. The lowest BCUT2D eigenvalue weighted by Crippen LogP contribution is -2.62. The third kappa shape index (κ3) is 2.92. The Labute approximate surface area is 87.5 Å². The van der Waals surface area contributed by atoms with E-state index in [1.807, 2.05) is 41.9 Å². The van der Waals surface area contributed by atoms with Crippen molar-refractivity contribution in [2.45, 2.75) is 39.3 Å². The lowest BCUT2D eigenvalue weighted by atomic mass is 10.2. The first-order chi connectivity index (χ1) is 6.16. The minimum absolute atomic E-state index is 0.484.